The summed E-state index contributed by atoms with van der Waals surface area (Å²) in [5, 5.41) is 3.22. The molecule has 8 heteroatoms. The Kier molecular flexibility index (Phi) is 7.10. The molecule has 31 heavy (non-hydrogen) atoms. The number of hydrogen-bond donors (Lipinski definition) is 3. The van der Waals surface area contributed by atoms with Gasteiger partial charge in [-0.3, -0.25) is 25.2 Å². The number of furan rings is 1. The van der Waals surface area contributed by atoms with Gasteiger partial charge >= 0.3 is 0 Å². The zero-order chi connectivity index (χ0) is 22.4. The van der Waals surface area contributed by atoms with E-state index in [1.54, 1.807) is 44.2 Å². The molecule has 3 aromatic rings. The van der Waals surface area contributed by atoms with Crippen LogP contribution in [0.1, 0.15) is 37.8 Å². The largest absolute Gasteiger partial charge is 0.466 e. The Hall–Kier alpha value is -3.58. The first-order chi connectivity index (χ1) is 14.8. The fourth-order valence-corrected chi connectivity index (χ4v) is 3.16. The van der Waals surface area contributed by atoms with Crippen LogP contribution in [0.4, 0.5) is 0 Å². The number of hydrazine groups is 1. The number of rotatable bonds is 6. The highest BCUT2D eigenvalue weighted by molar-refractivity contribution is 6.30. The van der Waals surface area contributed by atoms with Crippen molar-refractivity contribution in [3.63, 3.8) is 0 Å². The lowest BCUT2D eigenvalue weighted by atomic mass is 10.0. The van der Waals surface area contributed by atoms with Gasteiger partial charge in [0.1, 0.15) is 17.6 Å². The SMILES string of the molecule is Cc1cc(C(=O)NNC(=O)C(Cc2ccccc2)NC(=O)c2ccc(Cl)cc2)c(C)o1. The minimum absolute atomic E-state index is 0.242. The maximum absolute atomic E-state index is 12.8. The molecule has 0 aliphatic heterocycles. The average Bonchev–Trinajstić information content (AvgIpc) is 3.10. The van der Waals surface area contributed by atoms with Crippen molar-refractivity contribution in [1.29, 1.82) is 0 Å². The van der Waals surface area contributed by atoms with Crippen molar-refractivity contribution in [3.05, 3.63) is 93.9 Å². The molecule has 0 bridgehead atoms. The average molecular weight is 440 g/mol. The second kappa shape index (κ2) is 9.95. The molecule has 0 saturated carbocycles. The van der Waals surface area contributed by atoms with Crippen LogP contribution in [-0.4, -0.2) is 23.8 Å². The van der Waals surface area contributed by atoms with E-state index in [0.717, 1.165) is 5.56 Å². The third-order valence-corrected chi connectivity index (χ3v) is 4.85. The molecule has 2 aromatic carbocycles. The molecule has 1 heterocycles. The van der Waals surface area contributed by atoms with E-state index in [9.17, 15) is 14.4 Å². The molecule has 0 radical (unpaired) electrons. The summed E-state index contributed by atoms with van der Waals surface area (Å²) in [6.45, 7) is 3.39. The smallest absolute Gasteiger partial charge is 0.273 e. The molecule has 7 nitrogen and oxygen atoms in total. The van der Waals surface area contributed by atoms with E-state index in [-0.39, 0.29) is 6.42 Å². The fraction of sp³-hybridized carbons (Fsp3) is 0.174. The van der Waals surface area contributed by atoms with Crippen LogP contribution in [0.3, 0.4) is 0 Å². The summed E-state index contributed by atoms with van der Waals surface area (Å²) in [5.74, 6) is -0.463. The van der Waals surface area contributed by atoms with E-state index < -0.39 is 23.8 Å². The molecule has 1 aromatic heterocycles. The number of hydrogen-bond acceptors (Lipinski definition) is 4. The number of benzene rings is 2. The van der Waals surface area contributed by atoms with Gasteiger partial charge in [-0.15, -0.1) is 0 Å². The number of nitrogens with one attached hydrogen (secondary N) is 3. The van der Waals surface area contributed by atoms with E-state index in [2.05, 4.69) is 16.2 Å². The Morgan fingerprint density at radius 2 is 1.61 bits per heavy atom. The molecular weight excluding hydrogens is 418 g/mol. The Bertz CT molecular complexity index is 1080. The van der Waals surface area contributed by atoms with Crippen LogP contribution >= 0.6 is 11.6 Å². The number of aryl methyl sites for hydroxylation is 2. The fourth-order valence-electron chi connectivity index (χ4n) is 3.03. The van der Waals surface area contributed by atoms with Gasteiger partial charge in [-0.2, -0.15) is 0 Å². The standard InChI is InChI=1S/C23H22ClN3O4/c1-14-12-19(15(2)31-14)22(29)26-27-23(30)20(13-16-6-4-3-5-7-16)25-21(28)17-8-10-18(24)11-9-17/h3-12,20H,13H2,1-2H3,(H,25,28)(H,26,29)(H,27,30). The molecule has 3 amide bonds. The molecule has 0 aliphatic carbocycles. The van der Waals surface area contributed by atoms with Crippen molar-refractivity contribution >= 4 is 29.3 Å². The zero-order valence-corrected chi connectivity index (χ0v) is 17.8. The van der Waals surface area contributed by atoms with E-state index in [0.29, 0.717) is 27.7 Å². The molecule has 160 valence electrons. The third kappa shape index (κ3) is 5.96. The lowest BCUT2D eigenvalue weighted by Crippen LogP contribution is -2.53. The summed E-state index contributed by atoms with van der Waals surface area (Å²) in [7, 11) is 0. The highest BCUT2D eigenvalue weighted by atomic mass is 35.5. The Morgan fingerprint density at radius 1 is 0.935 bits per heavy atom. The molecule has 1 atom stereocenters. The van der Waals surface area contributed by atoms with E-state index in [4.69, 9.17) is 16.0 Å². The summed E-state index contributed by atoms with van der Waals surface area (Å²) in [4.78, 5) is 37.8. The number of halogens is 1. The summed E-state index contributed by atoms with van der Waals surface area (Å²) >= 11 is 5.87. The first kappa shape index (κ1) is 22.1. The minimum Gasteiger partial charge on any atom is -0.466 e. The van der Waals surface area contributed by atoms with E-state index >= 15 is 0 Å². The van der Waals surface area contributed by atoms with Crippen LogP contribution in [0.2, 0.25) is 5.02 Å². The maximum atomic E-state index is 12.8. The molecule has 0 spiro atoms. The Morgan fingerprint density at radius 3 is 2.23 bits per heavy atom. The number of carbonyl (C=O) groups is 3. The Balaban J connectivity index is 1.71. The molecule has 0 saturated heterocycles. The highest BCUT2D eigenvalue weighted by Crippen LogP contribution is 2.13. The van der Waals surface area contributed by atoms with Crippen LogP contribution in [0, 0.1) is 13.8 Å². The maximum Gasteiger partial charge on any atom is 0.273 e. The van der Waals surface area contributed by atoms with Crippen molar-refractivity contribution in [2.75, 3.05) is 0 Å². The monoisotopic (exact) mass is 439 g/mol. The predicted molar refractivity (Wildman–Crippen MR) is 117 cm³/mol. The third-order valence-electron chi connectivity index (χ3n) is 4.60. The minimum atomic E-state index is -0.918. The first-order valence-electron chi connectivity index (χ1n) is 9.61. The number of amides is 3. The predicted octanol–water partition coefficient (Wildman–Crippen LogP) is 3.35. The van der Waals surface area contributed by atoms with Gasteiger partial charge in [-0.05, 0) is 49.7 Å². The topological polar surface area (TPSA) is 100 Å². The van der Waals surface area contributed by atoms with Crippen molar-refractivity contribution in [2.24, 2.45) is 0 Å². The van der Waals surface area contributed by atoms with Crippen LogP contribution in [0.15, 0.2) is 65.1 Å². The van der Waals surface area contributed by atoms with Crippen LogP contribution < -0.4 is 16.2 Å². The Labute approximate surface area is 184 Å². The zero-order valence-electron chi connectivity index (χ0n) is 17.1. The summed E-state index contributed by atoms with van der Waals surface area (Å²) in [5.41, 5.74) is 6.30. The number of carbonyl (C=O) groups excluding carboxylic acids is 3. The summed E-state index contributed by atoms with van der Waals surface area (Å²) in [6, 6.07) is 16.3. The molecule has 3 rings (SSSR count). The van der Waals surface area contributed by atoms with E-state index in [1.807, 2.05) is 30.3 Å². The van der Waals surface area contributed by atoms with Gasteiger partial charge in [0, 0.05) is 17.0 Å². The lowest BCUT2D eigenvalue weighted by molar-refractivity contribution is -0.123. The lowest BCUT2D eigenvalue weighted by Gasteiger charge is -2.19. The van der Waals surface area contributed by atoms with Gasteiger partial charge < -0.3 is 9.73 Å². The van der Waals surface area contributed by atoms with Gasteiger partial charge in [-0.1, -0.05) is 41.9 Å². The van der Waals surface area contributed by atoms with Crippen LogP contribution in [0.25, 0.3) is 0 Å². The first-order valence-corrected chi connectivity index (χ1v) is 9.99. The van der Waals surface area contributed by atoms with E-state index in [1.165, 1.54) is 0 Å². The molecule has 3 N–H and O–H groups in total. The van der Waals surface area contributed by atoms with Gasteiger partial charge in [0.25, 0.3) is 17.7 Å². The van der Waals surface area contributed by atoms with Gasteiger partial charge in [0.05, 0.1) is 5.56 Å². The molecule has 0 fully saturated rings. The van der Waals surface area contributed by atoms with Crippen molar-refractivity contribution < 1.29 is 18.8 Å². The highest BCUT2D eigenvalue weighted by Gasteiger charge is 2.23. The van der Waals surface area contributed by atoms with Gasteiger partial charge in [0.15, 0.2) is 0 Å². The van der Waals surface area contributed by atoms with Gasteiger partial charge in [-0.25, -0.2) is 0 Å². The molecular formula is C23H22ClN3O4. The summed E-state index contributed by atoms with van der Waals surface area (Å²) in [6.07, 6.45) is 0.242. The van der Waals surface area contributed by atoms with Crippen LogP contribution in [-0.2, 0) is 11.2 Å². The molecule has 0 aliphatic rings. The quantitative estimate of drug-likeness (QED) is 0.513. The summed E-state index contributed by atoms with van der Waals surface area (Å²) < 4.78 is 5.34. The normalized spacial score (nSPS) is 11.5. The van der Waals surface area contributed by atoms with Gasteiger partial charge in [0.2, 0.25) is 0 Å². The van der Waals surface area contributed by atoms with Crippen molar-refractivity contribution in [3.8, 4) is 0 Å². The van der Waals surface area contributed by atoms with Crippen molar-refractivity contribution in [1.82, 2.24) is 16.2 Å². The second-order valence-electron chi connectivity index (χ2n) is 6.99. The molecule has 1 unspecified atom stereocenters. The second-order valence-corrected chi connectivity index (χ2v) is 7.43. The van der Waals surface area contributed by atoms with Crippen LogP contribution in [0.5, 0.6) is 0 Å². The van der Waals surface area contributed by atoms with Crippen molar-refractivity contribution in [2.45, 2.75) is 26.3 Å².